The van der Waals surface area contributed by atoms with Crippen LogP contribution in [0.5, 0.6) is 0 Å². The average molecular weight is 344 g/mol. The molecule has 0 aliphatic heterocycles. The molecule has 3 heteroatoms. The molecule has 0 spiro atoms. The highest BCUT2D eigenvalue weighted by Gasteiger charge is 2.31. The van der Waals surface area contributed by atoms with Crippen molar-refractivity contribution < 1.29 is 4.79 Å². The molecule has 2 fully saturated rings. The van der Waals surface area contributed by atoms with Crippen molar-refractivity contribution in [1.29, 1.82) is 0 Å². The molecule has 1 amide bonds. The smallest absolute Gasteiger partial charge is 0.220 e. The van der Waals surface area contributed by atoms with Gasteiger partial charge in [0.25, 0.3) is 0 Å². The van der Waals surface area contributed by atoms with Crippen LogP contribution in [0, 0.1) is 11.3 Å². The Bertz CT molecular complexity index is 293. The maximum atomic E-state index is 12.1. The van der Waals surface area contributed by atoms with Crippen LogP contribution in [0.2, 0.25) is 0 Å². The molecule has 0 heterocycles. The minimum atomic E-state index is 0.279. The zero-order valence-corrected chi connectivity index (χ0v) is 14.3. The molecule has 0 bridgehead atoms. The summed E-state index contributed by atoms with van der Waals surface area (Å²) >= 11 is 3.67. The van der Waals surface area contributed by atoms with Crippen LogP contribution in [0.4, 0.5) is 0 Å². The Balaban J connectivity index is 1.65. The van der Waals surface area contributed by atoms with E-state index in [1.165, 1.54) is 64.2 Å². The molecule has 2 aliphatic rings. The van der Waals surface area contributed by atoms with Crippen LogP contribution in [-0.4, -0.2) is 17.8 Å². The molecule has 0 aromatic rings. The molecule has 2 aliphatic carbocycles. The van der Waals surface area contributed by atoms with Crippen molar-refractivity contribution >= 4 is 21.8 Å². The Kier molecular flexibility index (Phi) is 6.86. The van der Waals surface area contributed by atoms with E-state index in [0.717, 1.165) is 30.6 Å². The van der Waals surface area contributed by atoms with Crippen molar-refractivity contribution in [1.82, 2.24) is 5.32 Å². The first-order valence-corrected chi connectivity index (χ1v) is 9.69. The van der Waals surface area contributed by atoms with Crippen LogP contribution in [0.1, 0.15) is 77.0 Å². The number of carbonyl (C=O) groups excluding carboxylic acids is 1. The number of rotatable bonds is 6. The Labute approximate surface area is 132 Å². The number of nitrogens with one attached hydrogen (secondary N) is 1. The van der Waals surface area contributed by atoms with Gasteiger partial charge in [-0.05, 0) is 30.6 Å². The first-order chi connectivity index (χ1) is 9.74. The summed E-state index contributed by atoms with van der Waals surface area (Å²) in [5, 5.41) is 4.25. The molecule has 20 heavy (non-hydrogen) atoms. The third-order valence-electron chi connectivity index (χ3n) is 5.36. The van der Waals surface area contributed by atoms with Gasteiger partial charge in [0.1, 0.15) is 0 Å². The summed E-state index contributed by atoms with van der Waals surface area (Å²) in [5.74, 6) is 1.09. The largest absolute Gasteiger partial charge is 0.356 e. The van der Waals surface area contributed by atoms with Gasteiger partial charge in [-0.3, -0.25) is 4.79 Å². The predicted octanol–water partition coefficient (Wildman–Crippen LogP) is 4.81. The zero-order valence-electron chi connectivity index (χ0n) is 12.8. The number of hydrogen-bond acceptors (Lipinski definition) is 1. The summed E-state index contributed by atoms with van der Waals surface area (Å²) in [7, 11) is 0. The molecular formula is C17H30BrNO. The predicted molar refractivity (Wildman–Crippen MR) is 88.1 cm³/mol. The lowest BCUT2D eigenvalue weighted by Crippen LogP contribution is -2.40. The van der Waals surface area contributed by atoms with Gasteiger partial charge in [-0.25, -0.2) is 0 Å². The molecule has 0 aromatic carbocycles. The average Bonchev–Trinajstić information content (AvgIpc) is 2.53. The van der Waals surface area contributed by atoms with E-state index in [2.05, 4.69) is 21.2 Å². The Morgan fingerprint density at radius 3 is 2.35 bits per heavy atom. The van der Waals surface area contributed by atoms with Crippen molar-refractivity contribution in [2.24, 2.45) is 11.3 Å². The lowest BCUT2D eigenvalue weighted by Gasteiger charge is -2.36. The van der Waals surface area contributed by atoms with Crippen molar-refractivity contribution in [3.8, 4) is 0 Å². The quantitative estimate of drug-likeness (QED) is 0.689. The Morgan fingerprint density at radius 1 is 1.05 bits per heavy atom. The molecule has 0 unspecified atom stereocenters. The number of halogens is 1. The third-order valence-corrected chi connectivity index (χ3v) is 6.55. The van der Waals surface area contributed by atoms with Crippen LogP contribution in [0.3, 0.4) is 0 Å². The van der Waals surface area contributed by atoms with Crippen molar-refractivity contribution in [3.63, 3.8) is 0 Å². The van der Waals surface area contributed by atoms with E-state index in [4.69, 9.17) is 0 Å². The second-order valence-electron chi connectivity index (χ2n) is 7.01. The summed E-state index contributed by atoms with van der Waals surface area (Å²) in [6.45, 7) is 0.877. The van der Waals surface area contributed by atoms with Gasteiger partial charge in [0, 0.05) is 18.3 Å². The highest BCUT2D eigenvalue weighted by Crippen LogP contribution is 2.37. The van der Waals surface area contributed by atoms with E-state index < -0.39 is 0 Å². The minimum absolute atomic E-state index is 0.279. The topological polar surface area (TPSA) is 29.1 Å². The van der Waals surface area contributed by atoms with Crippen LogP contribution >= 0.6 is 15.9 Å². The number of amides is 1. The van der Waals surface area contributed by atoms with Gasteiger partial charge in [-0.15, -0.1) is 0 Å². The van der Waals surface area contributed by atoms with Gasteiger partial charge >= 0.3 is 0 Å². The van der Waals surface area contributed by atoms with Gasteiger partial charge < -0.3 is 5.32 Å². The fourth-order valence-corrected chi connectivity index (χ4v) is 4.60. The summed E-state index contributed by atoms with van der Waals surface area (Å²) in [6, 6.07) is 0. The number of hydrogen-bond donors (Lipinski definition) is 1. The lowest BCUT2D eigenvalue weighted by atomic mass is 9.75. The van der Waals surface area contributed by atoms with E-state index in [1.54, 1.807) is 0 Å². The van der Waals surface area contributed by atoms with E-state index >= 15 is 0 Å². The van der Waals surface area contributed by atoms with E-state index in [0.29, 0.717) is 5.41 Å². The molecule has 0 saturated heterocycles. The Hall–Kier alpha value is -0.0500. The van der Waals surface area contributed by atoms with Crippen LogP contribution in [-0.2, 0) is 4.79 Å². The first kappa shape index (κ1) is 16.3. The summed E-state index contributed by atoms with van der Waals surface area (Å²) in [4.78, 5) is 12.1. The lowest BCUT2D eigenvalue weighted by molar-refractivity contribution is -0.122. The maximum Gasteiger partial charge on any atom is 0.220 e. The zero-order chi connectivity index (χ0) is 14.3. The molecular weight excluding hydrogens is 314 g/mol. The SMILES string of the molecule is O=C(CCC1CCCCC1)NCC1(CBr)CCCCC1. The van der Waals surface area contributed by atoms with E-state index in [1.807, 2.05) is 0 Å². The fourth-order valence-electron chi connectivity index (χ4n) is 3.84. The van der Waals surface area contributed by atoms with Crippen LogP contribution < -0.4 is 5.32 Å². The van der Waals surface area contributed by atoms with E-state index in [9.17, 15) is 4.79 Å². The second-order valence-corrected chi connectivity index (χ2v) is 7.57. The summed E-state index contributed by atoms with van der Waals surface area (Å²) < 4.78 is 0. The van der Waals surface area contributed by atoms with Crippen LogP contribution in [0.15, 0.2) is 0 Å². The molecule has 0 atom stereocenters. The molecule has 116 valence electrons. The monoisotopic (exact) mass is 343 g/mol. The number of carbonyl (C=O) groups is 1. The molecule has 2 saturated carbocycles. The second kappa shape index (κ2) is 8.41. The van der Waals surface area contributed by atoms with Crippen molar-refractivity contribution in [2.75, 3.05) is 11.9 Å². The molecule has 2 rings (SSSR count). The highest BCUT2D eigenvalue weighted by molar-refractivity contribution is 9.09. The Morgan fingerprint density at radius 2 is 1.70 bits per heavy atom. The highest BCUT2D eigenvalue weighted by atomic mass is 79.9. The van der Waals surface area contributed by atoms with Crippen molar-refractivity contribution in [2.45, 2.75) is 77.0 Å². The van der Waals surface area contributed by atoms with Crippen molar-refractivity contribution in [3.05, 3.63) is 0 Å². The molecule has 0 radical (unpaired) electrons. The van der Waals surface area contributed by atoms with Crippen LogP contribution in [0.25, 0.3) is 0 Å². The third kappa shape index (κ3) is 5.05. The van der Waals surface area contributed by atoms with Gasteiger partial charge in [0.15, 0.2) is 0 Å². The molecule has 2 nitrogen and oxygen atoms in total. The standard InChI is InChI=1S/C17H30BrNO/c18-13-17(11-5-2-6-12-17)14-19-16(20)10-9-15-7-3-1-4-8-15/h15H,1-14H2,(H,19,20). The van der Waals surface area contributed by atoms with Gasteiger partial charge in [-0.2, -0.15) is 0 Å². The van der Waals surface area contributed by atoms with Gasteiger partial charge in [0.05, 0.1) is 0 Å². The maximum absolute atomic E-state index is 12.1. The first-order valence-electron chi connectivity index (χ1n) is 8.57. The number of alkyl halides is 1. The minimum Gasteiger partial charge on any atom is -0.356 e. The fraction of sp³-hybridized carbons (Fsp3) is 0.941. The summed E-state index contributed by atoms with van der Waals surface area (Å²) in [6.07, 6.45) is 15.2. The van der Waals surface area contributed by atoms with Gasteiger partial charge in [-0.1, -0.05) is 67.3 Å². The molecule has 1 N–H and O–H groups in total. The summed E-state index contributed by atoms with van der Waals surface area (Å²) in [5.41, 5.74) is 0.332. The van der Waals surface area contributed by atoms with E-state index in [-0.39, 0.29) is 5.91 Å². The normalized spacial score (nSPS) is 23.4. The van der Waals surface area contributed by atoms with Gasteiger partial charge in [0.2, 0.25) is 5.91 Å². The molecule has 0 aromatic heterocycles.